The molecule has 0 bridgehead atoms. The van der Waals surface area contributed by atoms with Gasteiger partial charge in [-0.25, -0.2) is 8.42 Å². The van der Waals surface area contributed by atoms with Gasteiger partial charge in [0.2, 0.25) is 5.91 Å². The third-order valence-corrected chi connectivity index (χ3v) is 6.70. The van der Waals surface area contributed by atoms with Gasteiger partial charge < -0.3 is 13.6 Å². The molecular weight excluding hydrogens is 446 g/mol. The fourth-order valence-electron chi connectivity index (χ4n) is 3.25. The number of sulfone groups is 1. The summed E-state index contributed by atoms with van der Waals surface area (Å²) in [6, 6.07) is 13.8. The second-order valence-corrected chi connectivity index (χ2v) is 9.52. The van der Waals surface area contributed by atoms with Crippen molar-refractivity contribution < 1.29 is 26.8 Å². The fourth-order valence-corrected chi connectivity index (χ4v) is 4.56. The number of fused-ring (bicyclic) bond motifs is 1. The lowest BCUT2D eigenvalue weighted by Crippen LogP contribution is -2.14. The zero-order chi connectivity index (χ0) is 23.4. The summed E-state index contributed by atoms with van der Waals surface area (Å²) >= 11 is 0. The number of furan rings is 1. The summed E-state index contributed by atoms with van der Waals surface area (Å²) < 4.78 is 41.6. The summed E-state index contributed by atoms with van der Waals surface area (Å²) in [5.74, 6) is 0.488. The molecule has 4 aromatic rings. The molecule has 10 heteroatoms. The molecule has 33 heavy (non-hydrogen) atoms. The molecule has 0 radical (unpaired) electrons. The summed E-state index contributed by atoms with van der Waals surface area (Å²) in [5, 5.41) is 11.0. The van der Waals surface area contributed by atoms with Gasteiger partial charge in [0.05, 0.1) is 17.3 Å². The average Bonchev–Trinajstić information content (AvgIpc) is 3.41. The predicted octanol–water partition coefficient (Wildman–Crippen LogP) is 4.38. The van der Waals surface area contributed by atoms with Crippen LogP contribution in [0.25, 0.3) is 22.6 Å². The number of carbonyl (C=O) groups excluding carboxylic acids is 1. The summed E-state index contributed by atoms with van der Waals surface area (Å²) in [7, 11) is -3.45. The van der Waals surface area contributed by atoms with Crippen molar-refractivity contribution in [3.63, 3.8) is 0 Å². The van der Waals surface area contributed by atoms with Gasteiger partial charge in [-0.05, 0) is 44.5 Å². The van der Waals surface area contributed by atoms with Crippen molar-refractivity contribution in [1.29, 1.82) is 0 Å². The molecule has 1 N–H and O–H groups in total. The molecule has 9 nitrogen and oxygen atoms in total. The van der Waals surface area contributed by atoms with Crippen molar-refractivity contribution in [2.24, 2.45) is 0 Å². The Kier molecular flexibility index (Phi) is 6.45. The number of aromatic nitrogens is 2. The van der Waals surface area contributed by atoms with E-state index in [2.05, 4.69) is 15.5 Å². The maximum absolute atomic E-state index is 12.4. The van der Waals surface area contributed by atoms with E-state index in [4.69, 9.17) is 13.6 Å². The normalized spacial score (nSPS) is 11.6. The van der Waals surface area contributed by atoms with Crippen LogP contribution in [0, 0.1) is 6.92 Å². The van der Waals surface area contributed by atoms with Gasteiger partial charge in [-0.1, -0.05) is 34.9 Å². The first-order valence-corrected chi connectivity index (χ1v) is 12.1. The Balaban J connectivity index is 1.36. The molecular formula is C23H23N3O6S. The number of rotatable bonds is 9. The molecule has 0 aliphatic carbocycles. The topological polar surface area (TPSA) is 125 Å². The number of nitrogens with one attached hydrogen (secondary N) is 1. The second-order valence-electron chi connectivity index (χ2n) is 7.41. The fraction of sp³-hybridized carbons (Fsp3) is 0.261. The van der Waals surface area contributed by atoms with E-state index in [1.807, 2.05) is 26.0 Å². The minimum Gasteiger partial charge on any atom is -0.490 e. The number of anilines is 1. The Morgan fingerprint density at radius 1 is 1.09 bits per heavy atom. The molecule has 0 aliphatic rings. The highest BCUT2D eigenvalue weighted by atomic mass is 32.2. The maximum atomic E-state index is 12.4. The molecule has 0 spiro atoms. The van der Waals surface area contributed by atoms with Crippen LogP contribution in [0.15, 0.2) is 62.3 Å². The molecule has 0 saturated carbocycles. The number of hydrogen-bond donors (Lipinski definition) is 1. The van der Waals surface area contributed by atoms with Crippen LogP contribution < -0.4 is 10.1 Å². The van der Waals surface area contributed by atoms with Crippen LogP contribution in [-0.4, -0.2) is 36.9 Å². The summed E-state index contributed by atoms with van der Waals surface area (Å²) in [6.45, 7) is 4.27. The molecule has 0 aliphatic heterocycles. The van der Waals surface area contributed by atoms with Gasteiger partial charge in [-0.2, -0.15) is 0 Å². The minimum absolute atomic E-state index is 0.00877. The van der Waals surface area contributed by atoms with Crippen molar-refractivity contribution in [2.45, 2.75) is 31.6 Å². The number of aryl methyl sites for hydroxylation is 1. The van der Waals surface area contributed by atoms with Gasteiger partial charge in [0.25, 0.3) is 5.89 Å². The second kappa shape index (κ2) is 9.45. The molecule has 2 aromatic heterocycles. The molecule has 0 unspecified atom stereocenters. The van der Waals surface area contributed by atoms with Gasteiger partial charge in [-0.3, -0.25) is 10.1 Å². The van der Waals surface area contributed by atoms with E-state index >= 15 is 0 Å². The number of benzene rings is 2. The van der Waals surface area contributed by atoms with Crippen molar-refractivity contribution in [3.05, 3.63) is 54.1 Å². The quantitative estimate of drug-likeness (QED) is 0.383. The molecule has 0 fully saturated rings. The highest BCUT2D eigenvalue weighted by Gasteiger charge is 2.18. The molecule has 0 atom stereocenters. The lowest BCUT2D eigenvalue weighted by Gasteiger charge is -2.05. The average molecular weight is 470 g/mol. The van der Waals surface area contributed by atoms with Crippen LogP contribution in [0.2, 0.25) is 0 Å². The Hall–Kier alpha value is -3.66. The first-order valence-electron chi connectivity index (χ1n) is 10.4. The molecule has 2 aromatic carbocycles. The molecule has 4 rings (SSSR count). The highest BCUT2D eigenvalue weighted by molar-refractivity contribution is 7.91. The van der Waals surface area contributed by atoms with Crippen LogP contribution in [0.5, 0.6) is 5.75 Å². The monoisotopic (exact) mass is 469 g/mol. The van der Waals surface area contributed by atoms with Gasteiger partial charge in [-0.15, -0.1) is 5.10 Å². The number of hydrogen-bond acceptors (Lipinski definition) is 8. The summed E-state index contributed by atoms with van der Waals surface area (Å²) in [6.07, 6.45) is 0.151. The van der Waals surface area contributed by atoms with Crippen molar-refractivity contribution in [1.82, 2.24) is 10.2 Å². The third kappa shape index (κ3) is 5.23. The van der Waals surface area contributed by atoms with Crippen LogP contribution in [-0.2, 0) is 14.6 Å². The SMILES string of the molecule is CCOc1cccc2cc(-c3nnc(NC(=O)CCCS(=O)(=O)c4ccc(C)cc4)o3)oc12. The number of nitrogens with zero attached hydrogens (tertiary/aromatic N) is 2. The van der Waals surface area contributed by atoms with Crippen LogP contribution in [0.4, 0.5) is 6.01 Å². The van der Waals surface area contributed by atoms with Crippen LogP contribution >= 0.6 is 0 Å². The largest absolute Gasteiger partial charge is 0.490 e. The smallest absolute Gasteiger partial charge is 0.322 e. The molecule has 2 heterocycles. The Labute approximate surface area is 190 Å². The van der Waals surface area contributed by atoms with Crippen molar-refractivity contribution in [3.8, 4) is 17.4 Å². The van der Waals surface area contributed by atoms with Crippen LogP contribution in [0.1, 0.15) is 25.3 Å². The van der Waals surface area contributed by atoms with E-state index < -0.39 is 15.7 Å². The lowest BCUT2D eigenvalue weighted by molar-refractivity contribution is -0.116. The maximum Gasteiger partial charge on any atom is 0.322 e. The van der Waals surface area contributed by atoms with E-state index in [1.54, 1.807) is 36.4 Å². The predicted molar refractivity (Wildman–Crippen MR) is 122 cm³/mol. The Bertz CT molecular complexity index is 1370. The molecule has 172 valence electrons. The van der Waals surface area contributed by atoms with E-state index in [9.17, 15) is 13.2 Å². The minimum atomic E-state index is -3.45. The van der Waals surface area contributed by atoms with Gasteiger partial charge in [0, 0.05) is 11.8 Å². The van der Waals surface area contributed by atoms with E-state index in [-0.39, 0.29) is 35.4 Å². The zero-order valence-electron chi connectivity index (χ0n) is 18.2. The van der Waals surface area contributed by atoms with E-state index in [1.165, 1.54) is 0 Å². The summed E-state index contributed by atoms with van der Waals surface area (Å²) in [5.41, 5.74) is 1.54. The van der Waals surface area contributed by atoms with E-state index in [0.29, 0.717) is 23.7 Å². The van der Waals surface area contributed by atoms with Gasteiger partial charge >= 0.3 is 6.01 Å². The number of carbonyl (C=O) groups is 1. The number of amides is 1. The lowest BCUT2D eigenvalue weighted by atomic mass is 10.2. The number of ether oxygens (including phenoxy) is 1. The zero-order valence-corrected chi connectivity index (χ0v) is 19.0. The van der Waals surface area contributed by atoms with Crippen molar-refractivity contribution >= 4 is 32.7 Å². The number of para-hydroxylation sites is 1. The Morgan fingerprint density at radius 3 is 2.64 bits per heavy atom. The van der Waals surface area contributed by atoms with Gasteiger partial charge in [0.15, 0.2) is 26.9 Å². The first kappa shape index (κ1) is 22.5. The molecule has 0 saturated heterocycles. The Morgan fingerprint density at radius 2 is 1.88 bits per heavy atom. The van der Waals surface area contributed by atoms with E-state index in [0.717, 1.165) is 10.9 Å². The van der Waals surface area contributed by atoms with Gasteiger partial charge in [0.1, 0.15) is 0 Å². The third-order valence-electron chi connectivity index (χ3n) is 4.89. The first-order chi connectivity index (χ1) is 15.9. The highest BCUT2D eigenvalue weighted by Crippen LogP contribution is 2.33. The van der Waals surface area contributed by atoms with Crippen LogP contribution in [0.3, 0.4) is 0 Å². The standard InChI is InChI=1S/C23H23N3O6S/c1-3-30-18-7-4-6-16-14-19(31-21(16)18)22-25-26-23(32-22)24-20(27)8-5-13-33(28,29)17-11-9-15(2)10-12-17/h4,6-7,9-12,14H,3,5,8,13H2,1-2H3,(H,24,26,27). The molecule has 1 amide bonds. The summed E-state index contributed by atoms with van der Waals surface area (Å²) in [4.78, 5) is 12.5. The van der Waals surface area contributed by atoms with Crippen molar-refractivity contribution in [2.75, 3.05) is 17.7 Å².